The number of hydrogen-bond donors (Lipinski definition) is 1. The van der Waals surface area contributed by atoms with E-state index in [0.717, 1.165) is 17.8 Å². The minimum absolute atomic E-state index is 0. The standard InChI is InChI=1S/C23H22ClF3N4O.ClH/c1-15-4-3-5-21(16(15)2)31-10-8-30(9-11-31)14-17(13-28)22(32)29-18-6-7-20(24)19(12-18)23(25,26)27;/h3-7,12,14H,8-11H2,1-2H3,(H,29,32);1H/b17-14-;. The van der Waals surface area contributed by atoms with Crippen LogP contribution in [0.4, 0.5) is 24.5 Å². The Hall–Kier alpha value is -2.89. The van der Waals surface area contributed by atoms with Crippen molar-refractivity contribution in [1.82, 2.24) is 4.90 Å². The first-order valence-electron chi connectivity index (χ1n) is 9.95. The Morgan fingerprint density at radius 1 is 1.15 bits per heavy atom. The lowest BCUT2D eigenvalue weighted by Gasteiger charge is -2.36. The van der Waals surface area contributed by atoms with Crippen molar-refractivity contribution in [2.45, 2.75) is 20.0 Å². The van der Waals surface area contributed by atoms with E-state index in [0.29, 0.717) is 26.2 Å². The van der Waals surface area contributed by atoms with Crippen LogP contribution < -0.4 is 10.2 Å². The molecule has 10 heteroatoms. The molecular weight excluding hydrogens is 476 g/mol. The maximum absolute atomic E-state index is 13.0. The van der Waals surface area contributed by atoms with Gasteiger partial charge in [0.05, 0.1) is 10.6 Å². The number of amides is 1. The number of nitriles is 1. The zero-order valence-electron chi connectivity index (χ0n) is 18.0. The van der Waals surface area contributed by atoms with Crippen molar-refractivity contribution in [1.29, 1.82) is 5.26 Å². The molecule has 1 heterocycles. The molecule has 1 fully saturated rings. The molecule has 1 aliphatic heterocycles. The average Bonchev–Trinajstić information content (AvgIpc) is 2.75. The molecule has 1 N–H and O–H groups in total. The molecule has 1 aliphatic rings. The monoisotopic (exact) mass is 498 g/mol. The minimum Gasteiger partial charge on any atom is -0.373 e. The van der Waals surface area contributed by atoms with Gasteiger partial charge in [-0.15, -0.1) is 12.4 Å². The van der Waals surface area contributed by atoms with Gasteiger partial charge in [0.1, 0.15) is 11.6 Å². The lowest BCUT2D eigenvalue weighted by molar-refractivity contribution is -0.137. The summed E-state index contributed by atoms with van der Waals surface area (Å²) in [7, 11) is 0. The molecule has 2 aromatic carbocycles. The summed E-state index contributed by atoms with van der Waals surface area (Å²) in [6, 6.07) is 11.0. The number of nitrogens with one attached hydrogen (secondary N) is 1. The zero-order chi connectivity index (χ0) is 23.5. The molecule has 0 aromatic heterocycles. The van der Waals surface area contributed by atoms with Crippen molar-refractivity contribution < 1.29 is 18.0 Å². The Labute approximate surface area is 201 Å². The van der Waals surface area contributed by atoms with E-state index in [1.165, 1.54) is 23.4 Å². The van der Waals surface area contributed by atoms with Gasteiger partial charge in [-0.3, -0.25) is 4.79 Å². The summed E-state index contributed by atoms with van der Waals surface area (Å²) >= 11 is 5.60. The molecule has 2 aromatic rings. The quantitative estimate of drug-likeness (QED) is 0.442. The normalized spacial score (nSPS) is 14.4. The van der Waals surface area contributed by atoms with Gasteiger partial charge >= 0.3 is 6.18 Å². The fourth-order valence-electron chi connectivity index (χ4n) is 3.51. The Morgan fingerprint density at radius 2 is 1.82 bits per heavy atom. The molecular formula is C23H23Cl2F3N4O. The van der Waals surface area contributed by atoms with Crippen molar-refractivity contribution in [3.8, 4) is 6.07 Å². The number of aryl methyl sites for hydroxylation is 1. The molecule has 5 nitrogen and oxygen atoms in total. The molecule has 0 atom stereocenters. The molecule has 1 amide bonds. The number of alkyl halides is 3. The number of anilines is 2. The molecule has 1 saturated heterocycles. The van der Waals surface area contributed by atoms with E-state index in [-0.39, 0.29) is 23.7 Å². The van der Waals surface area contributed by atoms with Gasteiger partial charge in [0, 0.05) is 43.8 Å². The topological polar surface area (TPSA) is 59.4 Å². The highest BCUT2D eigenvalue weighted by Crippen LogP contribution is 2.36. The highest BCUT2D eigenvalue weighted by Gasteiger charge is 2.33. The lowest BCUT2D eigenvalue weighted by atomic mass is 10.1. The van der Waals surface area contributed by atoms with Crippen molar-refractivity contribution in [3.05, 3.63) is 69.9 Å². The predicted molar refractivity (Wildman–Crippen MR) is 126 cm³/mol. The van der Waals surface area contributed by atoms with Crippen LogP contribution in [0.1, 0.15) is 16.7 Å². The van der Waals surface area contributed by atoms with E-state index < -0.39 is 22.7 Å². The van der Waals surface area contributed by atoms with Crippen LogP contribution in [0.2, 0.25) is 5.02 Å². The SMILES string of the molecule is Cc1cccc(N2CCN(/C=C(/C#N)C(=O)Nc3ccc(Cl)c(C(F)(F)F)c3)CC2)c1C.Cl. The summed E-state index contributed by atoms with van der Waals surface area (Å²) in [6.07, 6.45) is -3.20. The zero-order valence-corrected chi connectivity index (χ0v) is 19.6. The van der Waals surface area contributed by atoms with Gasteiger partial charge in [0.2, 0.25) is 0 Å². The predicted octanol–water partition coefficient (Wildman–Crippen LogP) is 5.57. The first-order chi connectivity index (χ1) is 15.1. The van der Waals surface area contributed by atoms with Gasteiger partial charge in [0.15, 0.2) is 0 Å². The van der Waals surface area contributed by atoms with Crippen molar-refractivity contribution in [2.75, 3.05) is 36.4 Å². The fraction of sp³-hybridized carbons (Fsp3) is 0.304. The third-order valence-corrected chi connectivity index (χ3v) is 5.77. The largest absolute Gasteiger partial charge is 0.417 e. The van der Waals surface area contributed by atoms with E-state index in [9.17, 15) is 23.2 Å². The highest BCUT2D eigenvalue weighted by atomic mass is 35.5. The average molecular weight is 499 g/mol. The van der Waals surface area contributed by atoms with E-state index in [1.807, 2.05) is 17.0 Å². The fourth-order valence-corrected chi connectivity index (χ4v) is 3.73. The maximum atomic E-state index is 13.0. The second kappa shape index (κ2) is 10.8. The van der Waals surface area contributed by atoms with Gasteiger partial charge in [-0.05, 0) is 49.2 Å². The number of piperazine rings is 1. The summed E-state index contributed by atoms with van der Waals surface area (Å²) in [5.41, 5.74) is 2.26. The van der Waals surface area contributed by atoms with Crippen LogP contribution in [-0.4, -0.2) is 37.0 Å². The Morgan fingerprint density at radius 3 is 2.42 bits per heavy atom. The molecule has 0 saturated carbocycles. The van der Waals surface area contributed by atoms with Crippen LogP contribution in [-0.2, 0) is 11.0 Å². The van der Waals surface area contributed by atoms with Crippen molar-refractivity contribution in [2.24, 2.45) is 0 Å². The third-order valence-electron chi connectivity index (χ3n) is 5.44. The van der Waals surface area contributed by atoms with Crippen LogP contribution in [0.5, 0.6) is 0 Å². The van der Waals surface area contributed by atoms with E-state index in [1.54, 1.807) is 0 Å². The van der Waals surface area contributed by atoms with Crippen molar-refractivity contribution >= 4 is 41.3 Å². The third kappa shape index (κ3) is 6.34. The van der Waals surface area contributed by atoms with E-state index >= 15 is 0 Å². The minimum atomic E-state index is -4.65. The smallest absolute Gasteiger partial charge is 0.373 e. The molecule has 176 valence electrons. The van der Waals surface area contributed by atoms with Crippen LogP contribution in [0.25, 0.3) is 0 Å². The summed E-state index contributed by atoms with van der Waals surface area (Å²) in [6.45, 7) is 6.78. The van der Waals surface area contributed by atoms with Gasteiger partial charge < -0.3 is 15.1 Å². The first kappa shape index (κ1) is 26.4. The summed E-state index contributed by atoms with van der Waals surface area (Å²) < 4.78 is 39.1. The Bertz CT molecular complexity index is 1090. The number of halogens is 5. The summed E-state index contributed by atoms with van der Waals surface area (Å²) in [5, 5.41) is 11.3. The lowest BCUT2D eigenvalue weighted by Crippen LogP contribution is -2.44. The molecule has 0 radical (unpaired) electrons. The molecule has 0 unspecified atom stereocenters. The van der Waals surface area contributed by atoms with Crippen molar-refractivity contribution in [3.63, 3.8) is 0 Å². The number of rotatable bonds is 4. The number of carbonyl (C=O) groups is 1. The second-order valence-electron chi connectivity index (χ2n) is 7.54. The van der Waals surface area contributed by atoms with Gasteiger partial charge in [0.25, 0.3) is 5.91 Å². The number of hydrogen-bond acceptors (Lipinski definition) is 4. The Kier molecular flexibility index (Phi) is 8.64. The van der Waals surface area contributed by atoms with Crippen LogP contribution >= 0.6 is 24.0 Å². The van der Waals surface area contributed by atoms with Crippen LogP contribution in [0.3, 0.4) is 0 Å². The molecule has 33 heavy (non-hydrogen) atoms. The van der Waals surface area contributed by atoms with Gasteiger partial charge in [-0.25, -0.2) is 0 Å². The molecule has 0 spiro atoms. The maximum Gasteiger partial charge on any atom is 0.417 e. The van der Waals surface area contributed by atoms with Crippen LogP contribution in [0.15, 0.2) is 48.2 Å². The van der Waals surface area contributed by atoms with Gasteiger partial charge in [-0.1, -0.05) is 23.7 Å². The molecule has 0 bridgehead atoms. The van der Waals surface area contributed by atoms with Gasteiger partial charge in [-0.2, -0.15) is 18.4 Å². The first-order valence-corrected chi connectivity index (χ1v) is 10.3. The second-order valence-corrected chi connectivity index (χ2v) is 7.95. The summed E-state index contributed by atoms with van der Waals surface area (Å²) in [4.78, 5) is 16.6. The molecule has 3 rings (SSSR count). The van der Waals surface area contributed by atoms with Crippen LogP contribution in [0, 0.1) is 25.2 Å². The molecule has 0 aliphatic carbocycles. The van der Waals surface area contributed by atoms with E-state index in [2.05, 4.69) is 36.2 Å². The summed E-state index contributed by atoms with van der Waals surface area (Å²) in [5.74, 6) is -0.778. The Balaban J connectivity index is 0.00000385. The van der Waals surface area contributed by atoms with E-state index in [4.69, 9.17) is 11.6 Å². The number of nitrogens with zero attached hydrogens (tertiary/aromatic N) is 3. The number of benzene rings is 2. The highest BCUT2D eigenvalue weighted by molar-refractivity contribution is 6.31. The number of carbonyl (C=O) groups excluding carboxylic acids is 1.